The minimum atomic E-state index is -0.571. The standard InChI is InChI=1S/C6H7NO2S/c1-4(9)6-7-2-5(3-8)10-6/h2-4,9H,1H3/t4-/m1/s1. The number of nitrogens with zero attached hydrogens (tertiary/aromatic N) is 1. The van der Waals surface area contributed by atoms with Crippen LogP contribution in [-0.2, 0) is 0 Å². The van der Waals surface area contributed by atoms with Crippen LogP contribution in [0.25, 0.3) is 0 Å². The minimum absolute atomic E-state index is 0.552. The van der Waals surface area contributed by atoms with Gasteiger partial charge in [0.2, 0.25) is 0 Å². The first kappa shape index (κ1) is 7.37. The molecule has 0 aliphatic rings. The molecule has 0 fully saturated rings. The number of aromatic nitrogens is 1. The van der Waals surface area contributed by atoms with Crippen molar-refractivity contribution in [3.63, 3.8) is 0 Å². The topological polar surface area (TPSA) is 50.2 Å². The smallest absolute Gasteiger partial charge is 0.161 e. The van der Waals surface area contributed by atoms with Gasteiger partial charge in [-0.25, -0.2) is 4.98 Å². The summed E-state index contributed by atoms with van der Waals surface area (Å²) in [6, 6.07) is 0. The highest BCUT2D eigenvalue weighted by Crippen LogP contribution is 2.17. The van der Waals surface area contributed by atoms with Gasteiger partial charge < -0.3 is 5.11 Å². The number of hydrogen-bond acceptors (Lipinski definition) is 4. The molecule has 1 aromatic rings. The summed E-state index contributed by atoms with van der Waals surface area (Å²) in [7, 11) is 0. The Balaban J connectivity index is 2.88. The van der Waals surface area contributed by atoms with Crippen molar-refractivity contribution in [3.05, 3.63) is 16.1 Å². The van der Waals surface area contributed by atoms with Crippen molar-refractivity contribution in [2.45, 2.75) is 13.0 Å². The lowest BCUT2D eigenvalue weighted by molar-refractivity contribution is 0.112. The van der Waals surface area contributed by atoms with E-state index in [4.69, 9.17) is 5.11 Å². The third-order valence-electron chi connectivity index (χ3n) is 1.01. The number of hydrogen-bond donors (Lipinski definition) is 1. The van der Waals surface area contributed by atoms with Crippen molar-refractivity contribution < 1.29 is 9.90 Å². The molecule has 0 aromatic carbocycles. The third-order valence-corrected chi connectivity index (χ3v) is 2.11. The Hall–Kier alpha value is -0.740. The zero-order valence-corrected chi connectivity index (χ0v) is 6.26. The summed E-state index contributed by atoms with van der Waals surface area (Å²) in [5.41, 5.74) is 0. The van der Waals surface area contributed by atoms with Crippen molar-refractivity contribution in [1.82, 2.24) is 4.98 Å². The van der Waals surface area contributed by atoms with Crippen molar-refractivity contribution >= 4 is 17.6 Å². The van der Waals surface area contributed by atoms with Gasteiger partial charge in [0.1, 0.15) is 11.1 Å². The van der Waals surface area contributed by atoms with Crippen molar-refractivity contribution in [2.24, 2.45) is 0 Å². The Bertz CT molecular complexity index is 231. The maximum absolute atomic E-state index is 10.1. The molecule has 0 saturated heterocycles. The van der Waals surface area contributed by atoms with E-state index in [1.165, 1.54) is 17.5 Å². The van der Waals surface area contributed by atoms with Gasteiger partial charge in [-0.1, -0.05) is 0 Å². The number of carbonyl (C=O) groups is 1. The second-order valence-corrected chi connectivity index (χ2v) is 2.99. The first-order valence-corrected chi connectivity index (χ1v) is 3.64. The Morgan fingerprint density at radius 1 is 1.90 bits per heavy atom. The fourth-order valence-electron chi connectivity index (χ4n) is 0.548. The molecule has 10 heavy (non-hydrogen) atoms. The van der Waals surface area contributed by atoms with E-state index in [1.807, 2.05) is 0 Å². The molecule has 1 heterocycles. The Labute approximate surface area is 62.3 Å². The SMILES string of the molecule is C[C@@H](O)c1ncc(C=O)s1. The monoisotopic (exact) mass is 157 g/mol. The van der Waals surface area contributed by atoms with E-state index >= 15 is 0 Å². The molecule has 4 heteroatoms. The molecule has 1 rings (SSSR count). The molecular formula is C6H7NO2S. The van der Waals surface area contributed by atoms with Crippen LogP contribution in [0.2, 0.25) is 0 Å². The van der Waals surface area contributed by atoms with Gasteiger partial charge in [-0.3, -0.25) is 4.79 Å². The number of aldehydes is 1. The Kier molecular flexibility index (Phi) is 2.13. The van der Waals surface area contributed by atoms with Crippen LogP contribution in [0.1, 0.15) is 27.7 Å². The molecule has 3 nitrogen and oxygen atoms in total. The summed E-state index contributed by atoms with van der Waals surface area (Å²) in [4.78, 5) is 14.5. The Morgan fingerprint density at radius 3 is 2.90 bits per heavy atom. The average molecular weight is 157 g/mol. The van der Waals surface area contributed by atoms with Gasteiger partial charge >= 0.3 is 0 Å². The maximum atomic E-state index is 10.1. The van der Waals surface area contributed by atoms with Crippen LogP contribution in [0.3, 0.4) is 0 Å². The summed E-state index contributed by atoms with van der Waals surface area (Å²) in [6.45, 7) is 1.62. The molecule has 0 bridgehead atoms. The second-order valence-electron chi connectivity index (χ2n) is 1.89. The fraction of sp³-hybridized carbons (Fsp3) is 0.333. The Morgan fingerprint density at radius 2 is 2.60 bits per heavy atom. The third kappa shape index (κ3) is 1.40. The molecular weight excluding hydrogens is 150 g/mol. The van der Waals surface area contributed by atoms with E-state index in [9.17, 15) is 4.79 Å². The number of aliphatic hydroxyl groups is 1. The summed E-state index contributed by atoms with van der Waals surface area (Å²) < 4.78 is 0. The van der Waals surface area contributed by atoms with Gasteiger partial charge in [-0.05, 0) is 6.92 Å². The predicted molar refractivity (Wildman–Crippen MR) is 38.1 cm³/mol. The number of thiazole rings is 1. The lowest BCUT2D eigenvalue weighted by atomic mass is 10.4. The summed E-state index contributed by atoms with van der Waals surface area (Å²) >= 11 is 1.21. The van der Waals surface area contributed by atoms with E-state index in [-0.39, 0.29) is 0 Å². The molecule has 0 aliphatic heterocycles. The van der Waals surface area contributed by atoms with E-state index < -0.39 is 6.10 Å². The fourth-order valence-corrected chi connectivity index (χ4v) is 1.22. The molecule has 1 N–H and O–H groups in total. The first-order chi connectivity index (χ1) is 4.74. The minimum Gasteiger partial charge on any atom is -0.386 e. The van der Waals surface area contributed by atoms with Gasteiger partial charge in [0.15, 0.2) is 6.29 Å². The summed E-state index contributed by atoms with van der Waals surface area (Å²) in [5, 5.41) is 9.55. The molecule has 0 radical (unpaired) electrons. The number of rotatable bonds is 2. The average Bonchev–Trinajstić information content (AvgIpc) is 2.34. The van der Waals surface area contributed by atoms with Gasteiger partial charge in [0.05, 0.1) is 4.88 Å². The van der Waals surface area contributed by atoms with Crippen molar-refractivity contribution in [2.75, 3.05) is 0 Å². The largest absolute Gasteiger partial charge is 0.386 e. The number of carbonyl (C=O) groups excluding carboxylic acids is 1. The van der Waals surface area contributed by atoms with Crippen LogP contribution >= 0.6 is 11.3 Å². The molecule has 0 saturated carbocycles. The van der Waals surface area contributed by atoms with Crippen molar-refractivity contribution in [3.8, 4) is 0 Å². The van der Waals surface area contributed by atoms with E-state index in [2.05, 4.69) is 4.98 Å². The summed E-state index contributed by atoms with van der Waals surface area (Å²) in [5.74, 6) is 0. The zero-order valence-electron chi connectivity index (χ0n) is 5.44. The lowest BCUT2D eigenvalue weighted by Gasteiger charge is -1.93. The van der Waals surface area contributed by atoms with E-state index in [1.54, 1.807) is 6.92 Å². The van der Waals surface area contributed by atoms with Crippen LogP contribution in [-0.4, -0.2) is 16.4 Å². The van der Waals surface area contributed by atoms with Crippen LogP contribution in [0.5, 0.6) is 0 Å². The highest BCUT2D eigenvalue weighted by molar-refractivity contribution is 7.13. The molecule has 0 amide bonds. The van der Waals surface area contributed by atoms with Crippen molar-refractivity contribution in [1.29, 1.82) is 0 Å². The van der Waals surface area contributed by atoms with Gasteiger partial charge in [0.25, 0.3) is 0 Å². The van der Waals surface area contributed by atoms with E-state index in [0.29, 0.717) is 9.88 Å². The molecule has 0 spiro atoms. The lowest BCUT2D eigenvalue weighted by Crippen LogP contribution is -1.86. The van der Waals surface area contributed by atoms with Crippen LogP contribution in [0.15, 0.2) is 6.20 Å². The van der Waals surface area contributed by atoms with Gasteiger partial charge in [0, 0.05) is 6.20 Å². The van der Waals surface area contributed by atoms with Crippen LogP contribution in [0, 0.1) is 0 Å². The molecule has 0 unspecified atom stereocenters. The predicted octanol–water partition coefficient (Wildman–Crippen LogP) is 1.01. The molecule has 0 aliphatic carbocycles. The zero-order chi connectivity index (χ0) is 7.56. The second kappa shape index (κ2) is 2.90. The summed E-state index contributed by atoms with van der Waals surface area (Å²) in [6.07, 6.45) is 1.61. The van der Waals surface area contributed by atoms with Gasteiger partial charge in [-0.2, -0.15) is 0 Å². The van der Waals surface area contributed by atoms with Gasteiger partial charge in [-0.15, -0.1) is 11.3 Å². The first-order valence-electron chi connectivity index (χ1n) is 2.83. The van der Waals surface area contributed by atoms with E-state index in [0.717, 1.165) is 6.29 Å². The number of aliphatic hydroxyl groups excluding tert-OH is 1. The van der Waals surface area contributed by atoms with Crippen LogP contribution in [0.4, 0.5) is 0 Å². The maximum Gasteiger partial charge on any atom is 0.161 e. The van der Waals surface area contributed by atoms with Crippen LogP contribution < -0.4 is 0 Å². The molecule has 1 aromatic heterocycles. The highest BCUT2D eigenvalue weighted by atomic mass is 32.1. The molecule has 54 valence electrons. The normalized spacial score (nSPS) is 13.0. The quantitative estimate of drug-likeness (QED) is 0.652. The highest BCUT2D eigenvalue weighted by Gasteiger charge is 2.05. The molecule has 1 atom stereocenters.